The number of hydrazone groups is 1. The fraction of sp³-hybridized carbons (Fsp3) is 0.182. The minimum absolute atomic E-state index is 0.205. The van der Waals surface area contributed by atoms with E-state index in [1.807, 2.05) is 43.5 Å². The summed E-state index contributed by atoms with van der Waals surface area (Å²) in [6, 6.07) is 15.3. The van der Waals surface area contributed by atoms with Gasteiger partial charge in [0.25, 0.3) is 0 Å². The molecule has 0 atom stereocenters. The van der Waals surface area contributed by atoms with Crippen molar-refractivity contribution in [2.45, 2.75) is 20.4 Å². The Morgan fingerprint density at radius 3 is 2.89 bits per heavy atom. The Morgan fingerprint density at radius 2 is 2.07 bits per heavy atom. The third kappa shape index (κ3) is 3.36. The van der Waals surface area contributed by atoms with Crippen LogP contribution in [-0.4, -0.2) is 23.3 Å². The van der Waals surface area contributed by atoms with Gasteiger partial charge >= 0.3 is 5.91 Å². The van der Waals surface area contributed by atoms with Gasteiger partial charge in [0, 0.05) is 34.6 Å². The average Bonchev–Trinajstić information content (AvgIpc) is 3.29. The summed E-state index contributed by atoms with van der Waals surface area (Å²) in [5, 5.41) is 6.01. The van der Waals surface area contributed by atoms with Crippen molar-refractivity contribution in [3.05, 3.63) is 66.1 Å². The van der Waals surface area contributed by atoms with E-state index in [4.69, 9.17) is 9.15 Å². The lowest BCUT2D eigenvalue weighted by atomic mass is 10.2. The molecule has 2 heterocycles. The van der Waals surface area contributed by atoms with Crippen LogP contribution in [0.15, 0.2) is 64.2 Å². The number of hydrogen-bond donors (Lipinski definition) is 1. The fourth-order valence-corrected chi connectivity index (χ4v) is 3.25. The van der Waals surface area contributed by atoms with Crippen molar-refractivity contribution in [3.8, 4) is 5.75 Å². The number of ether oxygens (including phenoxy) is 1. The SMILES string of the molecule is CCOc1ccc2oc(C(=O)N/N=C/c3cn(CC)c4ccccc34)cc2c1. The second-order valence-corrected chi connectivity index (χ2v) is 6.33. The van der Waals surface area contributed by atoms with Crippen molar-refractivity contribution < 1.29 is 13.9 Å². The highest BCUT2D eigenvalue weighted by molar-refractivity contribution is 6.01. The molecule has 0 radical (unpaired) electrons. The third-order valence-electron chi connectivity index (χ3n) is 4.55. The summed E-state index contributed by atoms with van der Waals surface area (Å²) in [7, 11) is 0. The van der Waals surface area contributed by atoms with E-state index in [0.717, 1.165) is 34.1 Å². The molecule has 28 heavy (non-hydrogen) atoms. The fourth-order valence-electron chi connectivity index (χ4n) is 3.25. The molecule has 4 aromatic rings. The van der Waals surface area contributed by atoms with Crippen molar-refractivity contribution in [1.29, 1.82) is 0 Å². The van der Waals surface area contributed by atoms with Crippen molar-refractivity contribution in [2.75, 3.05) is 6.61 Å². The molecule has 6 heteroatoms. The van der Waals surface area contributed by atoms with Crippen LogP contribution in [0.2, 0.25) is 0 Å². The number of aryl methyl sites for hydroxylation is 1. The number of fused-ring (bicyclic) bond motifs is 2. The number of aromatic nitrogens is 1. The number of furan rings is 1. The van der Waals surface area contributed by atoms with Crippen molar-refractivity contribution in [1.82, 2.24) is 9.99 Å². The Bertz CT molecular complexity index is 1170. The van der Waals surface area contributed by atoms with Gasteiger partial charge in [-0.1, -0.05) is 18.2 Å². The maximum absolute atomic E-state index is 12.4. The Kier molecular flexibility index (Phi) is 4.85. The molecule has 0 spiro atoms. The molecule has 0 unspecified atom stereocenters. The predicted octanol–water partition coefficient (Wildman–Crippen LogP) is 4.57. The van der Waals surface area contributed by atoms with Gasteiger partial charge in [0.1, 0.15) is 11.3 Å². The van der Waals surface area contributed by atoms with E-state index in [-0.39, 0.29) is 5.76 Å². The van der Waals surface area contributed by atoms with E-state index in [1.165, 1.54) is 0 Å². The summed E-state index contributed by atoms with van der Waals surface area (Å²) in [5.74, 6) is 0.550. The number of nitrogens with zero attached hydrogens (tertiary/aromatic N) is 2. The average molecular weight is 375 g/mol. The Morgan fingerprint density at radius 1 is 1.21 bits per heavy atom. The molecule has 0 saturated heterocycles. The minimum atomic E-state index is -0.398. The predicted molar refractivity (Wildman–Crippen MR) is 110 cm³/mol. The van der Waals surface area contributed by atoms with Gasteiger partial charge in [-0.15, -0.1) is 0 Å². The normalized spacial score (nSPS) is 11.5. The van der Waals surface area contributed by atoms with Gasteiger partial charge in [-0.3, -0.25) is 4.79 Å². The van der Waals surface area contributed by atoms with Crippen LogP contribution >= 0.6 is 0 Å². The number of carbonyl (C=O) groups excluding carboxylic acids is 1. The lowest BCUT2D eigenvalue weighted by Gasteiger charge is -2.00. The Balaban J connectivity index is 1.52. The summed E-state index contributed by atoms with van der Waals surface area (Å²) in [6.07, 6.45) is 3.68. The molecular formula is C22H21N3O3. The van der Waals surface area contributed by atoms with Crippen LogP contribution in [0.1, 0.15) is 30.0 Å². The second kappa shape index (κ2) is 7.60. The van der Waals surface area contributed by atoms with E-state index in [1.54, 1.807) is 18.3 Å². The molecule has 4 rings (SSSR count). The number of hydrogen-bond acceptors (Lipinski definition) is 4. The van der Waals surface area contributed by atoms with Crippen LogP contribution in [0.3, 0.4) is 0 Å². The van der Waals surface area contributed by atoms with Gasteiger partial charge in [0.2, 0.25) is 0 Å². The molecule has 0 bridgehead atoms. The van der Waals surface area contributed by atoms with E-state index in [9.17, 15) is 4.79 Å². The summed E-state index contributed by atoms with van der Waals surface area (Å²) >= 11 is 0. The van der Waals surface area contributed by atoms with Gasteiger partial charge in [0.05, 0.1) is 12.8 Å². The van der Waals surface area contributed by atoms with Crippen LogP contribution in [0.5, 0.6) is 5.75 Å². The van der Waals surface area contributed by atoms with Gasteiger partial charge in [0.15, 0.2) is 5.76 Å². The van der Waals surface area contributed by atoms with Crippen LogP contribution in [-0.2, 0) is 6.54 Å². The number of benzene rings is 2. The number of carbonyl (C=O) groups is 1. The molecule has 0 aliphatic carbocycles. The van der Waals surface area contributed by atoms with Gasteiger partial charge in [-0.2, -0.15) is 5.10 Å². The third-order valence-corrected chi connectivity index (χ3v) is 4.55. The Labute approximate surface area is 162 Å². The van der Waals surface area contributed by atoms with Gasteiger partial charge in [-0.25, -0.2) is 5.43 Å². The maximum atomic E-state index is 12.4. The number of nitrogens with one attached hydrogen (secondary N) is 1. The standard InChI is InChI=1S/C22H21N3O3/c1-3-25-14-16(18-7-5-6-8-19(18)25)13-23-24-22(26)21-12-15-11-17(27-4-2)9-10-20(15)28-21/h5-14H,3-4H2,1-2H3,(H,24,26)/b23-13+. The zero-order chi connectivity index (χ0) is 19.5. The molecule has 2 aromatic carbocycles. The maximum Gasteiger partial charge on any atom is 0.307 e. The number of para-hydroxylation sites is 1. The molecule has 0 saturated carbocycles. The number of rotatable bonds is 6. The first kappa shape index (κ1) is 17.9. The van der Waals surface area contributed by atoms with Crippen LogP contribution in [0, 0.1) is 0 Å². The van der Waals surface area contributed by atoms with Crippen molar-refractivity contribution in [3.63, 3.8) is 0 Å². The van der Waals surface area contributed by atoms with Gasteiger partial charge in [-0.05, 0) is 44.2 Å². The molecule has 0 aliphatic rings. The topological polar surface area (TPSA) is 68.8 Å². The molecule has 0 aliphatic heterocycles. The highest BCUT2D eigenvalue weighted by Gasteiger charge is 2.12. The number of amides is 1. The zero-order valence-corrected chi connectivity index (χ0v) is 15.8. The first-order chi connectivity index (χ1) is 13.7. The first-order valence-corrected chi connectivity index (χ1v) is 9.27. The minimum Gasteiger partial charge on any atom is -0.494 e. The molecular weight excluding hydrogens is 354 g/mol. The van der Waals surface area contributed by atoms with Crippen LogP contribution < -0.4 is 10.2 Å². The van der Waals surface area contributed by atoms with E-state index in [2.05, 4.69) is 28.1 Å². The van der Waals surface area contributed by atoms with E-state index >= 15 is 0 Å². The van der Waals surface area contributed by atoms with Crippen LogP contribution in [0.25, 0.3) is 21.9 Å². The first-order valence-electron chi connectivity index (χ1n) is 9.27. The zero-order valence-electron chi connectivity index (χ0n) is 15.8. The molecule has 6 nitrogen and oxygen atoms in total. The van der Waals surface area contributed by atoms with Crippen molar-refractivity contribution in [2.24, 2.45) is 5.10 Å². The Hall–Kier alpha value is -3.54. The summed E-state index contributed by atoms with van der Waals surface area (Å²) in [6.45, 7) is 5.46. The van der Waals surface area contributed by atoms with Crippen LogP contribution in [0.4, 0.5) is 0 Å². The van der Waals surface area contributed by atoms with Gasteiger partial charge < -0.3 is 13.7 Å². The summed E-state index contributed by atoms with van der Waals surface area (Å²) < 4.78 is 13.2. The second-order valence-electron chi connectivity index (χ2n) is 6.33. The molecule has 1 amide bonds. The molecule has 142 valence electrons. The lowest BCUT2D eigenvalue weighted by Crippen LogP contribution is -2.16. The highest BCUT2D eigenvalue weighted by Crippen LogP contribution is 2.24. The lowest BCUT2D eigenvalue weighted by molar-refractivity contribution is 0.0929. The summed E-state index contributed by atoms with van der Waals surface area (Å²) in [4.78, 5) is 12.4. The molecule has 0 fully saturated rings. The summed E-state index contributed by atoms with van der Waals surface area (Å²) in [5.41, 5.74) is 5.25. The smallest absolute Gasteiger partial charge is 0.307 e. The van der Waals surface area contributed by atoms with Crippen molar-refractivity contribution >= 4 is 34.0 Å². The van der Waals surface area contributed by atoms with E-state index < -0.39 is 5.91 Å². The molecule has 2 aromatic heterocycles. The monoisotopic (exact) mass is 375 g/mol. The van der Waals surface area contributed by atoms with E-state index in [0.29, 0.717) is 12.2 Å². The molecule has 1 N–H and O–H groups in total. The quantitative estimate of drug-likeness (QED) is 0.396. The largest absolute Gasteiger partial charge is 0.494 e. The highest BCUT2D eigenvalue weighted by atomic mass is 16.5.